The summed E-state index contributed by atoms with van der Waals surface area (Å²) in [5, 5.41) is 3.50. The Hall–Kier alpha value is -0.900. The average molecular weight is 231 g/mol. The second-order valence-corrected chi connectivity index (χ2v) is 5.11. The van der Waals surface area contributed by atoms with Gasteiger partial charge in [0.05, 0.1) is 0 Å². The summed E-state index contributed by atoms with van der Waals surface area (Å²) in [6, 6.07) is 11.5. The second-order valence-electron chi connectivity index (χ2n) is 5.11. The van der Waals surface area contributed by atoms with E-state index in [0.717, 1.165) is 25.7 Å². The molecular weight excluding hydrogens is 210 g/mol. The van der Waals surface area contributed by atoms with Crippen LogP contribution < -0.4 is 5.32 Å². The van der Waals surface area contributed by atoms with Gasteiger partial charge in [0.15, 0.2) is 0 Å². The molecule has 0 radical (unpaired) electrons. The molecule has 17 heavy (non-hydrogen) atoms. The number of nitrogens with zero attached hydrogens (tertiary/aromatic N) is 2. The minimum atomic E-state index is 0.723. The van der Waals surface area contributed by atoms with E-state index in [2.05, 4.69) is 45.4 Å². The highest BCUT2D eigenvalue weighted by Crippen LogP contribution is 2.14. The van der Waals surface area contributed by atoms with Crippen molar-refractivity contribution in [3.63, 3.8) is 0 Å². The van der Waals surface area contributed by atoms with Crippen molar-refractivity contribution in [1.29, 1.82) is 0 Å². The molecule has 2 heterocycles. The molecule has 1 atom stereocenters. The summed E-state index contributed by atoms with van der Waals surface area (Å²) >= 11 is 0. The number of rotatable bonds is 2. The van der Waals surface area contributed by atoms with E-state index in [9.17, 15) is 0 Å². The lowest BCUT2D eigenvalue weighted by Crippen LogP contribution is -2.60. The highest BCUT2D eigenvalue weighted by molar-refractivity contribution is 5.14. The van der Waals surface area contributed by atoms with E-state index in [4.69, 9.17) is 0 Å². The van der Waals surface area contributed by atoms with Gasteiger partial charge in [-0.25, -0.2) is 0 Å². The van der Waals surface area contributed by atoms with Crippen LogP contribution in [-0.4, -0.2) is 55.1 Å². The Labute approximate surface area is 103 Å². The van der Waals surface area contributed by atoms with Gasteiger partial charge in [0.2, 0.25) is 0 Å². The van der Waals surface area contributed by atoms with E-state index in [1.165, 1.54) is 31.7 Å². The number of piperazine rings is 2. The Kier molecular flexibility index (Phi) is 3.41. The van der Waals surface area contributed by atoms with E-state index >= 15 is 0 Å². The maximum atomic E-state index is 3.50. The van der Waals surface area contributed by atoms with Crippen LogP contribution in [0.15, 0.2) is 30.3 Å². The first-order valence-electron chi connectivity index (χ1n) is 6.63. The van der Waals surface area contributed by atoms with E-state index in [1.54, 1.807) is 0 Å². The van der Waals surface area contributed by atoms with Crippen LogP contribution in [0.5, 0.6) is 0 Å². The fraction of sp³-hybridized carbons (Fsp3) is 0.571. The summed E-state index contributed by atoms with van der Waals surface area (Å²) in [7, 11) is 0. The molecule has 92 valence electrons. The van der Waals surface area contributed by atoms with Crippen LogP contribution in [0.1, 0.15) is 5.56 Å². The molecule has 0 spiro atoms. The largest absolute Gasteiger partial charge is 0.314 e. The first kappa shape index (κ1) is 11.2. The third-order valence-electron chi connectivity index (χ3n) is 3.89. The number of fused-ring (bicyclic) bond motifs is 1. The lowest BCUT2D eigenvalue weighted by Gasteiger charge is -2.44. The quantitative estimate of drug-likeness (QED) is 0.811. The van der Waals surface area contributed by atoms with Crippen molar-refractivity contribution in [2.45, 2.75) is 12.6 Å². The molecule has 1 N–H and O–H groups in total. The number of hydrogen-bond donors (Lipinski definition) is 1. The van der Waals surface area contributed by atoms with Gasteiger partial charge in [-0.3, -0.25) is 9.80 Å². The van der Waals surface area contributed by atoms with Crippen LogP contribution in [0.25, 0.3) is 0 Å². The molecular formula is C14H21N3. The zero-order valence-electron chi connectivity index (χ0n) is 10.3. The van der Waals surface area contributed by atoms with Gasteiger partial charge in [-0.2, -0.15) is 0 Å². The minimum absolute atomic E-state index is 0.723. The predicted molar refractivity (Wildman–Crippen MR) is 69.9 cm³/mol. The molecule has 0 saturated carbocycles. The molecule has 3 rings (SSSR count). The van der Waals surface area contributed by atoms with Crippen LogP contribution in [0.2, 0.25) is 0 Å². The smallest absolute Gasteiger partial charge is 0.0349 e. The first-order valence-corrected chi connectivity index (χ1v) is 6.63. The van der Waals surface area contributed by atoms with Crippen LogP contribution >= 0.6 is 0 Å². The van der Waals surface area contributed by atoms with Crippen molar-refractivity contribution >= 4 is 0 Å². The average Bonchev–Trinajstić information content (AvgIpc) is 2.40. The van der Waals surface area contributed by atoms with E-state index in [0.29, 0.717) is 0 Å². The summed E-state index contributed by atoms with van der Waals surface area (Å²) in [4.78, 5) is 5.22. The monoisotopic (exact) mass is 231 g/mol. The normalized spacial score (nSPS) is 26.7. The lowest BCUT2D eigenvalue weighted by molar-refractivity contribution is 0.0541. The van der Waals surface area contributed by atoms with Crippen molar-refractivity contribution in [3.8, 4) is 0 Å². The topological polar surface area (TPSA) is 18.5 Å². The third kappa shape index (κ3) is 2.68. The molecule has 3 heteroatoms. The highest BCUT2D eigenvalue weighted by Gasteiger charge is 2.28. The summed E-state index contributed by atoms with van der Waals surface area (Å²) < 4.78 is 0. The fourth-order valence-corrected chi connectivity index (χ4v) is 2.92. The molecule has 2 aliphatic heterocycles. The van der Waals surface area contributed by atoms with Gasteiger partial charge in [-0.15, -0.1) is 0 Å². The van der Waals surface area contributed by atoms with Crippen molar-refractivity contribution in [3.05, 3.63) is 35.9 Å². The number of hydrogen-bond acceptors (Lipinski definition) is 3. The van der Waals surface area contributed by atoms with Crippen LogP contribution in [0.3, 0.4) is 0 Å². The molecule has 0 amide bonds. The van der Waals surface area contributed by atoms with Gasteiger partial charge in [-0.05, 0) is 5.56 Å². The molecule has 0 aliphatic carbocycles. The van der Waals surface area contributed by atoms with Crippen LogP contribution in [0, 0.1) is 0 Å². The molecule has 1 aromatic rings. The molecule has 2 fully saturated rings. The molecule has 0 bridgehead atoms. The van der Waals surface area contributed by atoms with E-state index in [1.807, 2.05) is 0 Å². The van der Waals surface area contributed by atoms with Crippen LogP contribution in [-0.2, 0) is 6.54 Å². The van der Waals surface area contributed by atoms with Crippen molar-refractivity contribution in [2.24, 2.45) is 0 Å². The summed E-state index contributed by atoms with van der Waals surface area (Å²) in [6.45, 7) is 8.31. The van der Waals surface area contributed by atoms with Gasteiger partial charge in [0, 0.05) is 51.9 Å². The first-order chi connectivity index (χ1) is 8.42. The molecule has 0 unspecified atom stereocenters. The van der Waals surface area contributed by atoms with Gasteiger partial charge >= 0.3 is 0 Å². The highest BCUT2D eigenvalue weighted by atomic mass is 15.3. The predicted octanol–water partition coefficient (Wildman–Crippen LogP) is 0.776. The summed E-state index contributed by atoms with van der Waals surface area (Å²) in [5.74, 6) is 0. The Bertz CT molecular complexity index is 352. The van der Waals surface area contributed by atoms with Crippen molar-refractivity contribution in [2.75, 3.05) is 39.3 Å². The summed E-state index contributed by atoms with van der Waals surface area (Å²) in [5.41, 5.74) is 1.43. The van der Waals surface area contributed by atoms with E-state index < -0.39 is 0 Å². The van der Waals surface area contributed by atoms with Gasteiger partial charge < -0.3 is 5.32 Å². The van der Waals surface area contributed by atoms with Gasteiger partial charge in [0.1, 0.15) is 0 Å². The molecule has 1 aromatic carbocycles. The zero-order valence-corrected chi connectivity index (χ0v) is 10.3. The molecule has 3 nitrogen and oxygen atoms in total. The van der Waals surface area contributed by atoms with Gasteiger partial charge in [0.25, 0.3) is 0 Å². The maximum absolute atomic E-state index is 3.50. The molecule has 2 aliphatic rings. The lowest BCUT2D eigenvalue weighted by atomic mass is 10.1. The van der Waals surface area contributed by atoms with E-state index in [-0.39, 0.29) is 0 Å². The second kappa shape index (κ2) is 5.17. The van der Waals surface area contributed by atoms with Crippen molar-refractivity contribution in [1.82, 2.24) is 15.1 Å². The third-order valence-corrected chi connectivity index (χ3v) is 3.89. The number of benzene rings is 1. The Morgan fingerprint density at radius 3 is 2.88 bits per heavy atom. The SMILES string of the molecule is c1ccc(CN2CCN3CCNC[C@H]3C2)cc1. The minimum Gasteiger partial charge on any atom is -0.314 e. The fourth-order valence-electron chi connectivity index (χ4n) is 2.92. The molecule has 2 saturated heterocycles. The molecule has 0 aromatic heterocycles. The zero-order chi connectivity index (χ0) is 11.5. The standard InChI is InChI=1S/C14H21N3/c1-2-4-13(5-3-1)11-16-8-9-17-7-6-15-10-14(17)12-16/h1-5,14-15H,6-12H2/t14-/m0/s1. The Balaban J connectivity index is 1.59. The Morgan fingerprint density at radius 2 is 2.00 bits per heavy atom. The van der Waals surface area contributed by atoms with Gasteiger partial charge in [-0.1, -0.05) is 30.3 Å². The number of nitrogens with one attached hydrogen (secondary N) is 1. The Morgan fingerprint density at radius 1 is 1.12 bits per heavy atom. The maximum Gasteiger partial charge on any atom is 0.0349 e. The van der Waals surface area contributed by atoms with Crippen molar-refractivity contribution < 1.29 is 0 Å². The summed E-state index contributed by atoms with van der Waals surface area (Å²) in [6.07, 6.45) is 0. The van der Waals surface area contributed by atoms with Crippen LogP contribution in [0.4, 0.5) is 0 Å².